The molecule has 0 aromatic carbocycles. The minimum Gasteiger partial charge on any atom is -0.341 e. The SMILES string of the molecule is C[C@H](N[C@H]1CCN(S(C)(=O)=O)C[C@@H]1C)C(=O)N1CCCC1. The first-order valence-corrected chi connectivity index (χ1v) is 9.64. The zero-order valence-electron chi connectivity index (χ0n) is 13.2. The zero-order chi connectivity index (χ0) is 15.6. The largest absolute Gasteiger partial charge is 0.341 e. The maximum absolute atomic E-state index is 12.3. The highest BCUT2D eigenvalue weighted by Crippen LogP contribution is 2.20. The van der Waals surface area contributed by atoms with Crippen LogP contribution in [0.25, 0.3) is 0 Å². The second-order valence-electron chi connectivity index (χ2n) is 6.41. The number of nitrogens with zero attached hydrogens (tertiary/aromatic N) is 2. The highest BCUT2D eigenvalue weighted by molar-refractivity contribution is 7.88. The van der Waals surface area contributed by atoms with Gasteiger partial charge in [-0.25, -0.2) is 12.7 Å². The van der Waals surface area contributed by atoms with Crippen molar-refractivity contribution in [3.63, 3.8) is 0 Å². The van der Waals surface area contributed by atoms with Crippen LogP contribution >= 0.6 is 0 Å². The zero-order valence-corrected chi connectivity index (χ0v) is 14.0. The number of nitrogens with one attached hydrogen (secondary N) is 1. The Hall–Kier alpha value is -0.660. The number of sulfonamides is 1. The van der Waals surface area contributed by atoms with E-state index in [9.17, 15) is 13.2 Å². The molecular formula is C14H27N3O3S. The van der Waals surface area contributed by atoms with Crippen molar-refractivity contribution in [1.82, 2.24) is 14.5 Å². The molecule has 2 saturated heterocycles. The van der Waals surface area contributed by atoms with Crippen LogP contribution in [0, 0.1) is 5.92 Å². The molecule has 6 nitrogen and oxygen atoms in total. The van der Waals surface area contributed by atoms with Gasteiger partial charge in [0.15, 0.2) is 0 Å². The standard InChI is InChI=1S/C14H27N3O3S/c1-11-10-17(21(3,19)20)9-6-13(11)15-12(2)14(18)16-7-4-5-8-16/h11-13,15H,4-10H2,1-3H3/t11-,12-,13-/m0/s1. The van der Waals surface area contributed by atoms with Gasteiger partial charge in [0.25, 0.3) is 0 Å². The molecule has 0 unspecified atom stereocenters. The van der Waals surface area contributed by atoms with Gasteiger partial charge in [-0.2, -0.15) is 0 Å². The quantitative estimate of drug-likeness (QED) is 0.807. The molecule has 0 aliphatic carbocycles. The monoisotopic (exact) mass is 317 g/mol. The van der Waals surface area contributed by atoms with Crippen LogP contribution in [-0.4, -0.2) is 68.0 Å². The Kier molecular flexibility index (Phi) is 5.27. The van der Waals surface area contributed by atoms with Gasteiger partial charge >= 0.3 is 0 Å². The van der Waals surface area contributed by atoms with Crippen LogP contribution in [0.1, 0.15) is 33.1 Å². The van der Waals surface area contributed by atoms with Crippen molar-refractivity contribution >= 4 is 15.9 Å². The van der Waals surface area contributed by atoms with Gasteiger partial charge in [0, 0.05) is 32.2 Å². The number of likely N-dealkylation sites (tertiary alicyclic amines) is 1. The summed E-state index contributed by atoms with van der Waals surface area (Å²) in [6, 6.07) is 0.00452. The fourth-order valence-electron chi connectivity index (χ4n) is 3.26. The molecule has 122 valence electrons. The number of hydrogen-bond donors (Lipinski definition) is 1. The number of amides is 1. The molecule has 2 aliphatic heterocycles. The fourth-order valence-corrected chi connectivity index (χ4v) is 4.20. The molecule has 2 aliphatic rings. The minimum atomic E-state index is -3.11. The lowest BCUT2D eigenvalue weighted by atomic mass is 9.94. The number of carbonyl (C=O) groups is 1. The van der Waals surface area contributed by atoms with E-state index < -0.39 is 10.0 Å². The third-order valence-electron chi connectivity index (χ3n) is 4.59. The summed E-state index contributed by atoms with van der Waals surface area (Å²) in [5, 5.41) is 3.40. The summed E-state index contributed by atoms with van der Waals surface area (Å²) in [4.78, 5) is 14.2. The van der Waals surface area contributed by atoms with E-state index in [0.717, 1.165) is 32.4 Å². The van der Waals surface area contributed by atoms with Crippen LogP contribution in [-0.2, 0) is 14.8 Å². The highest BCUT2D eigenvalue weighted by atomic mass is 32.2. The van der Waals surface area contributed by atoms with E-state index in [1.54, 1.807) is 0 Å². The van der Waals surface area contributed by atoms with Gasteiger partial charge in [0.2, 0.25) is 15.9 Å². The van der Waals surface area contributed by atoms with Gasteiger partial charge < -0.3 is 10.2 Å². The van der Waals surface area contributed by atoms with Crippen LogP contribution in [0.5, 0.6) is 0 Å². The smallest absolute Gasteiger partial charge is 0.239 e. The van der Waals surface area contributed by atoms with Gasteiger partial charge in [-0.1, -0.05) is 6.92 Å². The van der Waals surface area contributed by atoms with Crippen molar-refractivity contribution in [2.24, 2.45) is 5.92 Å². The van der Waals surface area contributed by atoms with Crippen LogP contribution in [0.15, 0.2) is 0 Å². The summed E-state index contributed by atoms with van der Waals surface area (Å²) < 4.78 is 24.7. The minimum absolute atomic E-state index is 0.172. The van der Waals surface area contributed by atoms with E-state index in [4.69, 9.17) is 0 Å². The Labute approximate surface area is 127 Å². The average molecular weight is 317 g/mol. The van der Waals surface area contributed by atoms with E-state index in [-0.39, 0.29) is 23.9 Å². The second kappa shape index (κ2) is 6.62. The molecule has 0 saturated carbocycles. The molecule has 1 N–H and O–H groups in total. The molecule has 1 amide bonds. The van der Waals surface area contributed by atoms with Gasteiger partial charge in [0.1, 0.15) is 0 Å². The molecule has 0 spiro atoms. The van der Waals surface area contributed by atoms with Crippen LogP contribution in [0.2, 0.25) is 0 Å². The Bertz CT molecular complexity index is 474. The fraction of sp³-hybridized carbons (Fsp3) is 0.929. The maximum atomic E-state index is 12.3. The lowest BCUT2D eigenvalue weighted by Gasteiger charge is -2.37. The van der Waals surface area contributed by atoms with Crippen molar-refractivity contribution in [2.45, 2.75) is 45.2 Å². The summed E-state index contributed by atoms with van der Waals surface area (Å²) >= 11 is 0. The topological polar surface area (TPSA) is 69.7 Å². The molecule has 0 radical (unpaired) electrons. The molecule has 0 aromatic heterocycles. The van der Waals surface area contributed by atoms with Crippen molar-refractivity contribution < 1.29 is 13.2 Å². The van der Waals surface area contributed by atoms with E-state index >= 15 is 0 Å². The molecule has 7 heteroatoms. The normalized spacial score (nSPS) is 29.6. The number of piperidine rings is 1. The van der Waals surface area contributed by atoms with Gasteiger partial charge in [0.05, 0.1) is 12.3 Å². The van der Waals surface area contributed by atoms with Crippen molar-refractivity contribution in [1.29, 1.82) is 0 Å². The molecule has 21 heavy (non-hydrogen) atoms. The third-order valence-corrected chi connectivity index (χ3v) is 5.86. The molecule has 2 heterocycles. The van der Waals surface area contributed by atoms with Crippen molar-refractivity contribution in [3.8, 4) is 0 Å². The van der Waals surface area contributed by atoms with Crippen LogP contribution < -0.4 is 5.32 Å². The summed E-state index contributed by atoms with van der Waals surface area (Å²) in [5.74, 6) is 0.382. The second-order valence-corrected chi connectivity index (χ2v) is 8.40. The number of carbonyl (C=O) groups excluding carboxylic acids is 1. The van der Waals surface area contributed by atoms with E-state index in [1.807, 2.05) is 18.7 Å². The Balaban J connectivity index is 1.87. The first kappa shape index (κ1) is 16.7. The van der Waals surface area contributed by atoms with E-state index in [1.165, 1.54) is 10.6 Å². The first-order chi connectivity index (χ1) is 9.79. The summed E-state index contributed by atoms with van der Waals surface area (Å²) in [7, 11) is -3.11. The average Bonchev–Trinajstić information content (AvgIpc) is 2.92. The van der Waals surface area contributed by atoms with Gasteiger partial charge in [-0.3, -0.25) is 4.79 Å². The summed E-state index contributed by atoms with van der Waals surface area (Å²) in [5.41, 5.74) is 0. The van der Waals surface area contributed by atoms with Crippen LogP contribution in [0.3, 0.4) is 0 Å². The predicted molar refractivity (Wildman–Crippen MR) is 82.4 cm³/mol. The predicted octanol–water partition coefficient (Wildman–Crippen LogP) is 0.257. The van der Waals surface area contributed by atoms with Crippen molar-refractivity contribution in [2.75, 3.05) is 32.4 Å². The molecular weight excluding hydrogens is 290 g/mol. The summed E-state index contributed by atoms with van der Waals surface area (Å²) in [6.45, 7) is 6.75. The molecule has 0 aromatic rings. The van der Waals surface area contributed by atoms with Gasteiger partial charge in [-0.05, 0) is 32.1 Å². The maximum Gasteiger partial charge on any atom is 0.239 e. The first-order valence-electron chi connectivity index (χ1n) is 7.79. The third kappa shape index (κ3) is 4.17. The number of rotatable bonds is 4. The molecule has 3 atom stereocenters. The Morgan fingerprint density at radius 3 is 2.38 bits per heavy atom. The molecule has 2 fully saturated rings. The lowest BCUT2D eigenvalue weighted by molar-refractivity contribution is -0.132. The summed E-state index contributed by atoms with van der Waals surface area (Å²) in [6.07, 6.45) is 4.21. The number of hydrogen-bond acceptors (Lipinski definition) is 4. The van der Waals surface area contributed by atoms with E-state index in [0.29, 0.717) is 13.1 Å². The van der Waals surface area contributed by atoms with E-state index in [2.05, 4.69) is 5.32 Å². The Morgan fingerprint density at radius 1 is 1.24 bits per heavy atom. The Morgan fingerprint density at radius 2 is 1.86 bits per heavy atom. The van der Waals surface area contributed by atoms with Gasteiger partial charge in [-0.15, -0.1) is 0 Å². The van der Waals surface area contributed by atoms with Crippen LogP contribution in [0.4, 0.5) is 0 Å². The lowest BCUT2D eigenvalue weighted by Crippen LogP contribution is -2.55. The molecule has 0 bridgehead atoms. The molecule has 2 rings (SSSR count). The van der Waals surface area contributed by atoms with Crippen molar-refractivity contribution in [3.05, 3.63) is 0 Å². The highest BCUT2D eigenvalue weighted by Gasteiger charge is 2.33.